The second-order valence-electron chi connectivity index (χ2n) is 22.7. The zero-order chi connectivity index (χ0) is 58.3. The van der Waals surface area contributed by atoms with Crippen LogP contribution in [0.2, 0.25) is 0 Å². The first-order valence-corrected chi connectivity index (χ1v) is 27.3. The third-order valence-corrected chi connectivity index (χ3v) is 13.0. The molecule has 4 fully saturated rings. The van der Waals surface area contributed by atoms with Crippen LogP contribution in [0.1, 0.15) is 153 Å². The van der Waals surface area contributed by atoms with E-state index < -0.39 is 64.5 Å². The molecule has 0 aromatic carbocycles. The van der Waals surface area contributed by atoms with Gasteiger partial charge >= 0.3 is 24.1 Å². The minimum absolute atomic E-state index is 0.0815. The summed E-state index contributed by atoms with van der Waals surface area (Å²) in [5, 5.41) is 14.1. The summed E-state index contributed by atoms with van der Waals surface area (Å²) >= 11 is 0. The first-order chi connectivity index (χ1) is 35.9. The number of amides is 6. The van der Waals surface area contributed by atoms with Crippen LogP contribution in [0.25, 0.3) is 0 Å². The second kappa shape index (κ2) is 31.6. The Balaban J connectivity index is 0.000000484. The van der Waals surface area contributed by atoms with Gasteiger partial charge < -0.3 is 72.5 Å². The average Bonchev–Trinajstić information content (AvgIpc) is 4.26. The molecule has 2 aliphatic heterocycles. The molecular formula is C53H96N12O12. The van der Waals surface area contributed by atoms with Gasteiger partial charge in [-0.1, -0.05) is 46.5 Å². The molecule has 4 aliphatic rings. The third kappa shape index (κ3) is 25.0. The van der Waals surface area contributed by atoms with E-state index in [2.05, 4.69) is 50.4 Å². The van der Waals surface area contributed by atoms with Crippen LogP contribution in [0.3, 0.4) is 0 Å². The summed E-state index contributed by atoms with van der Waals surface area (Å²) in [5.41, 5.74) is 12.9. The van der Waals surface area contributed by atoms with Crippen LogP contribution in [0, 0.1) is 17.8 Å². The number of ether oxygens (including phenoxy) is 4. The van der Waals surface area contributed by atoms with Crippen molar-refractivity contribution in [3.8, 4) is 0 Å². The first-order valence-electron chi connectivity index (χ1n) is 27.3. The fraction of sp³-hybridized carbons (Fsp3) is 0.811. The normalized spacial score (nSPS) is 21.1. The number of esters is 2. The van der Waals surface area contributed by atoms with Gasteiger partial charge in [0.2, 0.25) is 23.6 Å². The van der Waals surface area contributed by atoms with E-state index in [-0.39, 0.29) is 68.6 Å². The smallest absolute Gasteiger partial charge is 0.408 e. The molecule has 24 heteroatoms. The Hall–Kier alpha value is -5.78. The van der Waals surface area contributed by atoms with Gasteiger partial charge in [0.1, 0.15) is 23.3 Å². The van der Waals surface area contributed by atoms with Crippen LogP contribution in [0.5, 0.6) is 0 Å². The molecule has 2 unspecified atom stereocenters. The largest absolute Gasteiger partial charge is 0.467 e. The number of nitrogens with zero attached hydrogens (tertiary/aromatic N) is 4. The van der Waals surface area contributed by atoms with Crippen LogP contribution in [-0.4, -0.2) is 176 Å². The number of amidine groups is 2. The fourth-order valence-electron chi connectivity index (χ4n) is 8.70. The van der Waals surface area contributed by atoms with Gasteiger partial charge in [-0.05, 0) is 119 Å². The topological polar surface area (TPSA) is 343 Å². The monoisotopic (exact) mass is 1090 g/mol. The maximum Gasteiger partial charge on any atom is 0.408 e. The summed E-state index contributed by atoms with van der Waals surface area (Å²) in [6.07, 6.45) is 6.31. The number of alkyl carbamates (subject to hydrolysis) is 2. The van der Waals surface area contributed by atoms with Gasteiger partial charge in [0, 0.05) is 44.9 Å². The Labute approximate surface area is 457 Å². The van der Waals surface area contributed by atoms with Crippen molar-refractivity contribution in [2.75, 3.05) is 66.6 Å². The Morgan fingerprint density at radius 3 is 1.34 bits per heavy atom. The van der Waals surface area contributed by atoms with Gasteiger partial charge in [-0.3, -0.25) is 29.2 Å². The molecule has 6 amide bonds. The van der Waals surface area contributed by atoms with Crippen LogP contribution < -0.4 is 43.8 Å². The molecule has 2 aliphatic carbocycles. The Bertz CT molecular complexity index is 1890. The SMILES string of the molecule is CCNCC.COC(=O)C1(NC(=O)OC(C)(C)C)CCN(C(=O)[C@@H](CCCN=C(C)N)NC(=O)[C@H](C)CC2CC2)C1.COC(=O)C1(NC(=O)OC(C)(C)C)CCN(C(=O)[C@@H](CCCN=C(C)N)NC(=O)[C@H](N)CC2CC2)C1. The Morgan fingerprint density at radius 2 is 1.01 bits per heavy atom. The summed E-state index contributed by atoms with van der Waals surface area (Å²) < 4.78 is 20.5. The van der Waals surface area contributed by atoms with E-state index in [4.69, 9.17) is 36.1 Å². The maximum atomic E-state index is 13.5. The minimum Gasteiger partial charge on any atom is -0.467 e. The van der Waals surface area contributed by atoms with Crippen molar-refractivity contribution in [2.45, 2.75) is 194 Å². The van der Waals surface area contributed by atoms with E-state index in [1.165, 1.54) is 24.0 Å². The van der Waals surface area contributed by atoms with Gasteiger partial charge in [-0.25, -0.2) is 19.2 Å². The maximum absolute atomic E-state index is 13.5. The molecule has 4 rings (SSSR count). The lowest BCUT2D eigenvalue weighted by atomic mass is 9.99. The van der Waals surface area contributed by atoms with Crippen molar-refractivity contribution in [1.29, 1.82) is 0 Å². The van der Waals surface area contributed by atoms with Crippen molar-refractivity contribution in [3.05, 3.63) is 0 Å². The summed E-state index contributed by atoms with van der Waals surface area (Å²) in [7, 11) is 2.45. The van der Waals surface area contributed by atoms with Crippen molar-refractivity contribution < 1.29 is 57.3 Å². The Morgan fingerprint density at radius 1 is 0.636 bits per heavy atom. The van der Waals surface area contributed by atoms with Crippen LogP contribution in [0.4, 0.5) is 9.59 Å². The number of carbonyl (C=O) groups is 8. The molecule has 0 bridgehead atoms. The lowest BCUT2D eigenvalue weighted by molar-refractivity contribution is -0.149. The minimum atomic E-state index is -1.45. The van der Waals surface area contributed by atoms with E-state index in [9.17, 15) is 38.4 Å². The summed E-state index contributed by atoms with van der Waals surface area (Å²) in [6, 6.07) is -2.33. The second-order valence-corrected chi connectivity index (χ2v) is 22.7. The van der Waals surface area contributed by atoms with E-state index in [0.29, 0.717) is 68.7 Å². The number of rotatable bonds is 24. The van der Waals surface area contributed by atoms with E-state index >= 15 is 0 Å². The number of methoxy groups -OCH3 is 2. The van der Waals surface area contributed by atoms with Crippen molar-refractivity contribution in [3.63, 3.8) is 0 Å². The lowest BCUT2D eigenvalue weighted by Crippen LogP contribution is -2.59. The highest BCUT2D eigenvalue weighted by Gasteiger charge is 2.51. The van der Waals surface area contributed by atoms with Gasteiger partial charge in [-0.2, -0.15) is 0 Å². The molecule has 2 heterocycles. The molecule has 2 saturated heterocycles. The molecule has 0 radical (unpaired) electrons. The zero-order valence-corrected chi connectivity index (χ0v) is 48.5. The van der Waals surface area contributed by atoms with Crippen molar-refractivity contribution in [1.82, 2.24) is 36.4 Å². The van der Waals surface area contributed by atoms with Gasteiger partial charge in [-0.15, -0.1) is 0 Å². The van der Waals surface area contributed by atoms with Crippen molar-refractivity contribution in [2.24, 2.45) is 44.9 Å². The number of likely N-dealkylation sites (tertiary alicyclic amines) is 2. The molecule has 6 atom stereocenters. The van der Waals surface area contributed by atoms with Crippen LogP contribution in [-0.2, 0) is 47.7 Å². The number of carbonyl (C=O) groups excluding carboxylic acids is 8. The predicted octanol–water partition coefficient (Wildman–Crippen LogP) is 2.77. The van der Waals surface area contributed by atoms with Gasteiger partial charge in [0.25, 0.3) is 0 Å². The number of nitrogens with two attached hydrogens (primary N) is 3. The standard InChI is InChI=1S/C25H43N5O6.C24H42N6O6.C4H11N/c1-16(14-18-9-10-18)20(31)28-19(8-7-12-27-17(2)26)21(32)30-13-11-25(15-30,22(33)35-6)29-23(34)36-24(3,4)5;1-15(25)27-11-6-7-18(28-19(31)17(26)13-16-8-9-16)20(32)30-12-10-24(14-30,21(33)35-5)29-22(34)36-23(2,3)4;1-3-5-4-2/h16,18-19H,7-15H2,1-6H3,(H2,26,27)(H,28,31)(H,29,34);16-18H,6-14,26H2,1-5H3,(H2,25,27)(H,28,31)(H,29,34);5H,3-4H2,1-2H3/t16-,19-,25?;17-,18-,24?;/m11./s1. The van der Waals surface area contributed by atoms with Crippen LogP contribution >= 0.6 is 0 Å². The molecule has 0 aromatic heterocycles. The van der Waals surface area contributed by atoms with E-state index in [0.717, 1.165) is 45.2 Å². The van der Waals surface area contributed by atoms with Crippen molar-refractivity contribution >= 4 is 59.4 Å². The van der Waals surface area contributed by atoms with E-state index in [1.807, 2.05) is 6.92 Å². The molecule has 77 heavy (non-hydrogen) atoms. The number of hydrogen-bond donors (Lipinski definition) is 8. The fourth-order valence-corrected chi connectivity index (χ4v) is 8.70. The molecule has 2 saturated carbocycles. The summed E-state index contributed by atoms with van der Waals surface area (Å²) in [4.78, 5) is 114. The third-order valence-electron chi connectivity index (χ3n) is 13.0. The van der Waals surface area contributed by atoms with Gasteiger partial charge in [0.05, 0.1) is 45.0 Å². The molecule has 0 aromatic rings. The molecular weight excluding hydrogens is 997 g/mol. The molecule has 440 valence electrons. The lowest BCUT2D eigenvalue weighted by Gasteiger charge is -2.30. The summed E-state index contributed by atoms with van der Waals surface area (Å²) in [5.74, 6) is -0.829. The highest BCUT2D eigenvalue weighted by Crippen LogP contribution is 2.36. The van der Waals surface area contributed by atoms with E-state index in [1.54, 1.807) is 55.4 Å². The Kier molecular flexibility index (Phi) is 27.6. The number of nitrogens with one attached hydrogen (secondary N) is 5. The molecule has 24 nitrogen and oxygen atoms in total. The quantitative estimate of drug-likeness (QED) is 0.0226. The number of hydrogen-bond acceptors (Lipinski definition) is 16. The summed E-state index contributed by atoms with van der Waals surface area (Å²) in [6.45, 7) is 23.0. The molecule has 11 N–H and O–H groups in total. The first kappa shape index (κ1) is 67.3. The highest BCUT2D eigenvalue weighted by molar-refractivity contribution is 5.93. The predicted molar refractivity (Wildman–Crippen MR) is 293 cm³/mol. The van der Waals surface area contributed by atoms with Gasteiger partial charge in [0.15, 0.2) is 11.1 Å². The molecule has 0 spiro atoms. The highest BCUT2D eigenvalue weighted by atomic mass is 16.6. The average molecular weight is 1090 g/mol. The van der Waals surface area contributed by atoms with Crippen LogP contribution in [0.15, 0.2) is 9.98 Å². The number of aliphatic imine (C=N–C) groups is 2. The zero-order valence-electron chi connectivity index (χ0n) is 48.5.